The van der Waals surface area contributed by atoms with Crippen molar-refractivity contribution in [3.8, 4) is 17.2 Å². The Kier molecular flexibility index (Phi) is 6.39. The van der Waals surface area contributed by atoms with Gasteiger partial charge in [-0.05, 0) is 41.0 Å². The maximum Gasteiger partial charge on any atom is 0.345 e. The molecule has 0 radical (unpaired) electrons. The molecule has 0 bridgehead atoms. The first-order valence-electron chi connectivity index (χ1n) is 9.08. The molecule has 0 aromatic heterocycles. The second-order valence-electron chi connectivity index (χ2n) is 6.46. The molecule has 29 heavy (non-hydrogen) atoms. The number of methoxy groups -OCH3 is 2. The standard InChI is InChI=1S/C22H22O7/c1-26-17-7-4-15(12-19(17)27-2)13-20(22(24)25)29-21(23)8-5-14-3-6-16-9-10-28-18(16)11-14/h3-8,11-12,20H,9-10,13H2,1-2H3,(H,24,25)/b8-5+. The van der Waals surface area contributed by atoms with E-state index in [0.717, 1.165) is 23.3 Å². The van der Waals surface area contributed by atoms with Gasteiger partial charge in [0, 0.05) is 18.9 Å². The lowest BCUT2D eigenvalue weighted by Gasteiger charge is -2.14. The molecule has 2 aromatic rings. The Morgan fingerprint density at radius 3 is 2.66 bits per heavy atom. The number of carbonyl (C=O) groups is 2. The van der Waals surface area contributed by atoms with Crippen LogP contribution < -0.4 is 14.2 Å². The summed E-state index contributed by atoms with van der Waals surface area (Å²) in [5.74, 6) is -0.162. The number of carboxylic acid groups (broad SMARTS) is 1. The van der Waals surface area contributed by atoms with Gasteiger partial charge in [-0.2, -0.15) is 0 Å². The maximum absolute atomic E-state index is 12.1. The third-order valence-corrected chi connectivity index (χ3v) is 4.53. The fraction of sp³-hybridized carbons (Fsp3) is 0.273. The number of hydrogen-bond acceptors (Lipinski definition) is 6. The lowest BCUT2D eigenvalue weighted by molar-refractivity contribution is -0.160. The van der Waals surface area contributed by atoms with E-state index in [0.29, 0.717) is 23.7 Å². The highest BCUT2D eigenvalue weighted by Crippen LogP contribution is 2.28. The van der Waals surface area contributed by atoms with Crippen LogP contribution in [0.2, 0.25) is 0 Å². The van der Waals surface area contributed by atoms with Crippen LogP contribution in [0.5, 0.6) is 17.2 Å². The van der Waals surface area contributed by atoms with E-state index in [1.54, 1.807) is 24.3 Å². The van der Waals surface area contributed by atoms with E-state index >= 15 is 0 Å². The van der Waals surface area contributed by atoms with Crippen molar-refractivity contribution in [3.05, 3.63) is 59.2 Å². The second kappa shape index (κ2) is 9.14. The summed E-state index contributed by atoms with van der Waals surface area (Å²) in [6, 6.07) is 10.7. The lowest BCUT2D eigenvalue weighted by atomic mass is 10.1. The molecule has 1 N–H and O–H groups in total. The molecule has 7 heteroatoms. The van der Waals surface area contributed by atoms with Gasteiger partial charge in [0.05, 0.1) is 20.8 Å². The minimum absolute atomic E-state index is 0.00194. The number of carboxylic acids is 1. The highest BCUT2D eigenvalue weighted by atomic mass is 16.6. The number of ether oxygens (including phenoxy) is 4. The SMILES string of the molecule is COc1ccc(CC(OC(=O)/C=C/c2ccc3c(c2)OCC3)C(=O)O)cc1OC. The van der Waals surface area contributed by atoms with E-state index < -0.39 is 18.0 Å². The Morgan fingerprint density at radius 2 is 1.93 bits per heavy atom. The van der Waals surface area contributed by atoms with Crippen LogP contribution in [0, 0.1) is 0 Å². The highest BCUT2D eigenvalue weighted by Gasteiger charge is 2.22. The van der Waals surface area contributed by atoms with Gasteiger partial charge in [-0.25, -0.2) is 9.59 Å². The summed E-state index contributed by atoms with van der Waals surface area (Å²) in [5.41, 5.74) is 2.54. The number of carbonyl (C=O) groups excluding carboxylic acids is 1. The molecule has 1 atom stereocenters. The predicted octanol–water partition coefficient (Wildman–Crippen LogP) is 2.89. The molecule has 1 aliphatic rings. The van der Waals surface area contributed by atoms with Gasteiger partial charge >= 0.3 is 11.9 Å². The van der Waals surface area contributed by atoms with Gasteiger partial charge < -0.3 is 24.1 Å². The number of rotatable bonds is 8. The maximum atomic E-state index is 12.1. The Hall–Kier alpha value is -3.48. The fourth-order valence-electron chi connectivity index (χ4n) is 3.03. The van der Waals surface area contributed by atoms with Crippen molar-refractivity contribution in [1.29, 1.82) is 0 Å². The zero-order valence-electron chi connectivity index (χ0n) is 16.2. The molecule has 0 spiro atoms. The summed E-state index contributed by atoms with van der Waals surface area (Å²) >= 11 is 0. The van der Waals surface area contributed by atoms with Crippen LogP contribution in [0.4, 0.5) is 0 Å². The van der Waals surface area contributed by atoms with Gasteiger partial charge in [-0.3, -0.25) is 0 Å². The van der Waals surface area contributed by atoms with Crippen LogP contribution in [0.1, 0.15) is 16.7 Å². The third-order valence-electron chi connectivity index (χ3n) is 4.53. The fourth-order valence-corrected chi connectivity index (χ4v) is 3.03. The topological polar surface area (TPSA) is 91.3 Å². The normalized spacial score (nSPS) is 13.4. The van der Waals surface area contributed by atoms with E-state index in [1.165, 1.54) is 20.3 Å². The summed E-state index contributed by atoms with van der Waals surface area (Å²) in [7, 11) is 3.00. The minimum atomic E-state index is -1.33. The summed E-state index contributed by atoms with van der Waals surface area (Å²) in [6.07, 6.45) is 2.33. The van der Waals surface area contributed by atoms with Crippen molar-refractivity contribution in [1.82, 2.24) is 0 Å². The molecule has 0 saturated carbocycles. The molecular formula is C22H22O7. The Labute approximate surface area is 168 Å². The number of benzene rings is 2. The van der Waals surface area contributed by atoms with Gasteiger partial charge in [-0.15, -0.1) is 0 Å². The predicted molar refractivity (Wildman–Crippen MR) is 105 cm³/mol. The zero-order chi connectivity index (χ0) is 20.8. The number of aliphatic carboxylic acids is 1. The molecule has 0 amide bonds. The summed E-state index contributed by atoms with van der Waals surface area (Å²) < 4.78 is 21.0. The van der Waals surface area contributed by atoms with Crippen molar-refractivity contribution in [2.24, 2.45) is 0 Å². The molecule has 1 heterocycles. The van der Waals surface area contributed by atoms with Crippen LogP contribution in [-0.4, -0.2) is 44.0 Å². The van der Waals surface area contributed by atoms with Crippen molar-refractivity contribution >= 4 is 18.0 Å². The van der Waals surface area contributed by atoms with Crippen LogP contribution in [0.15, 0.2) is 42.5 Å². The van der Waals surface area contributed by atoms with E-state index in [1.807, 2.05) is 18.2 Å². The molecule has 7 nitrogen and oxygen atoms in total. The van der Waals surface area contributed by atoms with Crippen molar-refractivity contribution < 1.29 is 33.6 Å². The molecule has 0 saturated heterocycles. The second-order valence-corrected chi connectivity index (χ2v) is 6.46. The summed E-state index contributed by atoms with van der Waals surface area (Å²) in [6.45, 7) is 0.654. The van der Waals surface area contributed by atoms with Crippen LogP contribution in [-0.2, 0) is 27.2 Å². The molecule has 1 aliphatic heterocycles. The van der Waals surface area contributed by atoms with Gasteiger partial charge in [0.25, 0.3) is 0 Å². The quantitative estimate of drug-likeness (QED) is 0.540. The first-order chi connectivity index (χ1) is 14.0. The Morgan fingerprint density at radius 1 is 1.14 bits per heavy atom. The summed E-state index contributed by atoms with van der Waals surface area (Å²) in [4.78, 5) is 23.7. The molecular weight excluding hydrogens is 376 g/mol. The first-order valence-corrected chi connectivity index (χ1v) is 9.08. The van der Waals surface area contributed by atoms with Gasteiger partial charge in [-0.1, -0.05) is 18.2 Å². The smallest absolute Gasteiger partial charge is 0.345 e. The van der Waals surface area contributed by atoms with E-state index in [-0.39, 0.29) is 6.42 Å². The molecule has 3 rings (SSSR count). The van der Waals surface area contributed by atoms with Gasteiger partial charge in [0.15, 0.2) is 11.5 Å². The van der Waals surface area contributed by atoms with E-state index in [2.05, 4.69) is 0 Å². The Bertz CT molecular complexity index is 933. The van der Waals surface area contributed by atoms with Crippen LogP contribution >= 0.6 is 0 Å². The molecule has 2 aromatic carbocycles. The van der Waals surface area contributed by atoms with Gasteiger partial charge in [0.1, 0.15) is 5.75 Å². The third kappa shape index (κ3) is 5.07. The first kappa shape index (κ1) is 20.3. The molecule has 0 aliphatic carbocycles. The number of fused-ring (bicyclic) bond motifs is 1. The number of hydrogen-bond donors (Lipinski definition) is 1. The highest BCUT2D eigenvalue weighted by molar-refractivity contribution is 5.89. The average Bonchev–Trinajstić information content (AvgIpc) is 3.19. The Balaban J connectivity index is 1.65. The zero-order valence-corrected chi connectivity index (χ0v) is 16.2. The van der Waals surface area contributed by atoms with E-state index in [4.69, 9.17) is 18.9 Å². The minimum Gasteiger partial charge on any atom is -0.493 e. The molecule has 1 unspecified atom stereocenters. The number of esters is 1. The molecule has 0 fully saturated rings. The molecule has 152 valence electrons. The van der Waals surface area contributed by atoms with Crippen molar-refractivity contribution in [2.75, 3.05) is 20.8 Å². The van der Waals surface area contributed by atoms with Crippen molar-refractivity contribution in [3.63, 3.8) is 0 Å². The van der Waals surface area contributed by atoms with Gasteiger partial charge in [0.2, 0.25) is 6.10 Å². The van der Waals surface area contributed by atoms with Crippen molar-refractivity contribution in [2.45, 2.75) is 18.9 Å². The summed E-state index contributed by atoms with van der Waals surface area (Å²) in [5, 5.41) is 9.43. The van der Waals surface area contributed by atoms with Crippen LogP contribution in [0.25, 0.3) is 6.08 Å². The lowest BCUT2D eigenvalue weighted by Crippen LogP contribution is -2.28. The van der Waals surface area contributed by atoms with E-state index in [9.17, 15) is 14.7 Å². The largest absolute Gasteiger partial charge is 0.493 e. The average molecular weight is 398 g/mol. The van der Waals surface area contributed by atoms with Crippen LogP contribution in [0.3, 0.4) is 0 Å². The monoisotopic (exact) mass is 398 g/mol.